The molecule has 0 radical (unpaired) electrons. The highest BCUT2D eigenvalue weighted by Gasteiger charge is 2.14. The van der Waals surface area contributed by atoms with Crippen molar-refractivity contribution < 1.29 is 0 Å². The lowest BCUT2D eigenvalue weighted by Crippen LogP contribution is -2.23. The van der Waals surface area contributed by atoms with Crippen LogP contribution in [-0.4, -0.2) is 20.7 Å². The number of fused-ring (bicyclic) bond motifs is 1. The van der Waals surface area contributed by atoms with Crippen molar-refractivity contribution in [3.63, 3.8) is 0 Å². The molecule has 0 spiro atoms. The summed E-state index contributed by atoms with van der Waals surface area (Å²) >= 11 is 0. The van der Waals surface area contributed by atoms with Crippen LogP contribution in [0.15, 0.2) is 29.3 Å². The molecule has 0 saturated heterocycles. The minimum atomic E-state index is 0. The fourth-order valence-electron chi connectivity index (χ4n) is 2.73. The topological polar surface area (TPSA) is 81.1 Å². The monoisotopic (exact) mass is 426 g/mol. The highest BCUT2D eigenvalue weighted by atomic mass is 127. The van der Waals surface area contributed by atoms with Gasteiger partial charge < -0.3 is 15.6 Å². The molecule has 6 nitrogen and oxygen atoms in total. The van der Waals surface area contributed by atoms with Gasteiger partial charge in [0.2, 0.25) is 0 Å². The highest BCUT2D eigenvalue weighted by molar-refractivity contribution is 14.0. The van der Waals surface area contributed by atoms with E-state index in [4.69, 9.17) is 5.73 Å². The van der Waals surface area contributed by atoms with E-state index >= 15 is 0 Å². The van der Waals surface area contributed by atoms with Crippen LogP contribution in [0.4, 0.5) is 5.69 Å². The maximum atomic E-state index is 5.96. The number of aromatic nitrogens is 3. The second-order valence-electron chi connectivity index (χ2n) is 5.69. The van der Waals surface area contributed by atoms with Gasteiger partial charge in [-0.15, -0.1) is 34.2 Å². The molecule has 0 aliphatic carbocycles. The summed E-state index contributed by atoms with van der Waals surface area (Å²) in [4.78, 5) is 4.39. The molecule has 2 aromatic rings. The number of anilines is 1. The van der Waals surface area contributed by atoms with Crippen molar-refractivity contribution >= 4 is 35.6 Å². The second kappa shape index (κ2) is 8.28. The summed E-state index contributed by atoms with van der Waals surface area (Å²) in [5.74, 6) is 2.37. The number of hydrogen-bond donors (Lipinski definition) is 2. The van der Waals surface area contributed by atoms with E-state index in [-0.39, 0.29) is 24.0 Å². The third kappa shape index (κ3) is 4.66. The van der Waals surface area contributed by atoms with E-state index < -0.39 is 0 Å². The van der Waals surface area contributed by atoms with Gasteiger partial charge in [-0.05, 0) is 37.5 Å². The van der Waals surface area contributed by atoms with Crippen LogP contribution < -0.4 is 11.1 Å². The molecule has 3 N–H and O–H groups in total. The molecule has 124 valence electrons. The van der Waals surface area contributed by atoms with Gasteiger partial charge in [-0.2, -0.15) is 0 Å². The van der Waals surface area contributed by atoms with Gasteiger partial charge in [-0.25, -0.2) is 4.99 Å². The number of guanidine groups is 1. The smallest absolute Gasteiger partial charge is 0.193 e. The normalized spacial score (nSPS) is 14.6. The summed E-state index contributed by atoms with van der Waals surface area (Å²) in [6, 6.07) is 8.04. The average molecular weight is 426 g/mol. The number of nitrogens with one attached hydrogen (secondary N) is 1. The molecule has 0 fully saturated rings. The molecule has 2 heterocycles. The fourth-order valence-corrected chi connectivity index (χ4v) is 2.73. The van der Waals surface area contributed by atoms with E-state index in [0.29, 0.717) is 12.5 Å². The summed E-state index contributed by atoms with van der Waals surface area (Å²) in [5, 5.41) is 11.6. The van der Waals surface area contributed by atoms with Crippen molar-refractivity contribution in [1.82, 2.24) is 14.8 Å². The molecule has 3 rings (SSSR count). The van der Waals surface area contributed by atoms with Gasteiger partial charge >= 0.3 is 0 Å². The predicted molar refractivity (Wildman–Crippen MR) is 103 cm³/mol. The first-order chi connectivity index (χ1) is 10.7. The number of aliphatic imine (C=N–C) groups is 1. The first-order valence-corrected chi connectivity index (χ1v) is 7.77. The van der Waals surface area contributed by atoms with Crippen LogP contribution in [0.5, 0.6) is 0 Å². The fraction of sp³-hybridized carbons (Fsp3) is 0.438. The van der Waals surface area contributed by atoms with Crippen LogP contribution in [-0.2, 0) is 19.5 Å². The largest absolute Gasteiger partial charge is 0.370 e. The lowest BCUT2D eigenvalue weighted by atomic mass is 10.2. The Morgan fingerprint density at radius 2 is 2.17 bits per heavy atom. The van der Waals surface area contributed by atoms with Gasteiger partial charge in [-0.1, -0.05) is 18.6 Å². The molecule has 1 aromatic carbocycles. The molecule has 0 bridgehead atoms. The van der Waals surface area contributed by atoms with Crippen LogP contribution in [0.25, 0.3) is 0 Å². The number of benzene rings is 1. The van der Waals surface area contributed by atoms with Gasteiger partial charge in [0.25, 0.3) is 0 Å². The summed E-state index contributed by atoms with van der Waals surface area (Å²) in [6.45, 7) is 3.49. The lowest BCUT2D eigenvalue weighted by Gasteiger charge is -2.07. The molecule has 0 amide bonds. The Balaban J connectivity index is 0.00000192. The van der Waals surface area contributed by atoms with Gasteiger partial charge in [0.05, 0.1) is 0 Å². The molecule has 23 heavy (non-hydrogen) atoms. The van der Waals surface area contributed by atoms with E-state index in [1.807, 2.05) is 31.2 Å². The van der Waals surface area contributed by atoms with Crippen molar-refractivity contribution in [2.75, 3.05) is 5.32 Å². The molecule has 0 unspecified atom stereocenters. The summed E-state index contributed by atoms with van der Waals surface area (Å²) in [6.07, 6.45) is 4.63. The van der Waals surface area contributed by atoms with Gasteiger partial charge in [0.1, 0.15) is 12.4 Å². The van der Waals surface area contributed by atoms with Crippen molar-refractivity contribution in [2.45, 2.75) is 45.7 Å². The van der Waals surface area contributed by atoms with Crippen LogP contribution in [0.2, 0.25) is 0 Å². The van der Waals surface area contributed by atoms with Crippen LogP contribution in [0.3, 0.4) is 0 Å². The molecule has 1 aliphatic heterocycles. The lowest BCUT2D eigenvalue weighted by molar-refractivity contribution is 0.606. The standard InChI is InChI=1S/C16H22N6.HI/c1-12-6-5-7-13(10-12)19-16(17)18-11-15-21-20-14-8-3-2-4-9-22(14)15;/h5-7,10H,2-4,8-9,11H2,1H3,(H3,17,18,19);1H. The number of rotatable bonds is 3. The van der Waals surface area contributed by atoms with Gasteiger partial charge in [0, 0.05) is 18.7 Å². The minimum absolute atomic E-state index is 0. The zero-order valence-electron chi connectivity index (χ0n) is 13.3. The Morgan fingerprint density at radius 1 is 1.30 bits per heavy atom. The number of hydrogen-bond acceptors (Lipinski definition) is 3. The van der Waals surface area contributed by atoms with Crippen molar-refractivity contribution in [3.05, 3.63) is 41.5 Å². The van der Waals surface area contributed by atoms with Crippen molar-refractivity contribution in [1.29, 1.82) is 0 Å². The van der Waals surface area contributed by atoms with E-state index in [0.717, 1.165) is 30.3 Å². The molecular weight excluding hydrogens is 403 g/mol. The van der Waals surface area contributed by atoms with Crippen LogP contribution in [0, 0.1) is 6.92 Å². The Labute approximate surface area is 153 Å². The quantitative estimate of drug-likeness (QED) is 0.450. The summed E-state index contributed by atoms with van der Waals surface area (Å²) in [5.41, 5.74) is 8.09. The molecule has 7 heteroatoms. The number of nitrogens with two attached hydrogens (primary N) is 1. The van der Waals surface area contributed by atoms with Gasteiger partial charge in [0.15, 0.2) is 11.8 Å². The molecular formula is C16H23IN6. The minimum Gasteiger partial charge on any atom is -0.370 e. The first-order valence-electron chi connectivity index (χ1n) is 7.77. The molecule has 0 saturated carbocycles. The third-order valence-corrected chi connectivity index (χ3v) is 3.87. The van der Waals surface area contributed by atoms with E-state index in [2.05, 4.69) is 25.1 Å². The number of halogens is 1. The number of aryl methyl sites for hydroxylation is 2. The summed E-state index contributed by atoms with van der Waals surface area (Å²) in [7, 11) is 0. The van der Waals surface area contributed by atoms with Crippen LogP contribution in [0.1, 0.15) is 36.5 Å². The zero-order valence-corrected chi connectivity index (χ0v) is 15.7. The Kier molecular flexibility index (Phi) is 6.37. The summed E-state index contributed by atoms with van der Waals surface area (Å²) < 4.78 is 2.19. The molecule has 0 atom stereocenters. The maximum absolute atomic E-state index is 5.96. The SMILES string of the molecule is Cc1cccc(NC(N)=NCc2nnc3n2CCCCC3)c1.I. The number of nitrogens with zero attached hydrogens (tertiary/aromatic N) is 4. The highest BCUT2D eigenvalue weighted by Crippen LogP contribution is 2.15. The second-order valence-corrected chi connectivity index (χ2v) is 5.69. The maximum Gasteiger partial charge on any atom is 0.193 e. The Bertz CT molecular complexity index is 679. The van der Waals surface area contributed by atoms with E-state index in [1.54, 1.807) is 0 Å². The zero-order chi connectivity index (χ0) is 15.4. The third-order valence-electron chi connectivity index (χ3n) is 3.87. The average Bonchev–Trinajstić information content (AvgIpc) is 2.72. The van der Waals surface area contributed by atoms with Crippen molar-refractivity contribution in [3.8, 4) is 0 Å². The predicted octanol–water partition coefficient (Wildman–Crippen LogP) is 2.86. The Morgan fingerprint density at radius 3 is 3.00 bits per heavy atom. The molecule has 1 aromatic heterocycles. The van der Waals surface area contributed by atoms with E-state index in [9.17, 15) is 0 Å². The molecule has 1 aliphatic rings. The Hall–Kier alpha value is -1.64. The van der Waals surface area contributed by atoms with E-state index in [1.165, 1.54) is 24.8 Å². The van der Waals surface area contributed by atoms with Crippen LogP contribution >= 0.6 is 24.0 Å². The van der Waals surface area contributed by atoms with Crippen molar-refractivity contribution in [2.24, 2.45) is 10.7 Å². The van der Waals surface area contributed by atoms with Gasteiger partial charge in [-0.3, -0.25) is 0 Å². The first kappa shape index (κ1) is 17.7.